The van der Waals surface area contributed by atoms with Gasteiger partial charge in [-0.05, 0) is 31.7 Å². The molecule has 0 unspecified atom stereocenters. The molecular formula is C10H9ClN4S. The van der Waals surface area contributed by atoms with E-state index in [1.54, 1.807) is 6.20 Å². The van der Waals surface area contributed by atoms with Crippen LogP contribution in [0, 0.1) is 13.8 Å². The van der Waals surface area contributed by atoms with Gasteiger partial charge in [-0.1, -0.05) is 11.6 Å². The lowest BCUT2D eigenvalue weighted by molar-refractivity contribution is 0.933. The normalized spacial score (nSPS) is 10.4. The Morgan fingerprint density at radius 1 is 1.25 bits per heavy atom. The third kappa shape index (κ3) is 2.48. The zero-order valence-corrected chi connectivity index (χ0v) is 10.4. The average Bonchev–Trinajstić information content (AvgIpc) is 2.27. The predicted molar refractivity (Wildman–Crippen MR) is 62.7 cm³/mol. The van der Waals surface area contributed by atoms with Crippen molar-refractivity contribution in [1.29, 1.82) is 0 Å². The maximum Gasteiger partial charge on any atom is 0.136 e. The van der Waals surface area contributed by atoms with Gasteiger partial charge in [0.05, 0.1) is 0 Å². The third-order valence-electron chi connectivity index (χ3n) is 1.91. The van der Waals surface area contributed by atoms with Crippen LogP contribution in [-0.2, 0) is 0 Å². The number of hydrogen-bond acceptors (Lipinski definition) is 5. The van der Waals surface area contributed by atoms with Crippen LogP contribution in [0.2, 0.25) is 5.15 Å². The van der Waals surface area contributed by atoms with E-state index >= 15 is 0 Å². The van der Waals surface area contributed by atoms with Gasteiger partial charge in [0.25, 0.3) is 0 Å². The number of rotatable bonds is 2. The van der Waals surface area contributed by atoms with Gasteiger partial charge in [0, 0.05) is 11.8 Å². The van der Waals surface area contributed by atoms with Crippen LogP contribution in [0.3, 0.4) is 0 Å². The highest BCUT2D eigenvalue weighted by Gasteiger charge is 2.09. The van der Waals surface area contributed by atoms with Crippen LogP contribution in [0.25, 0.3) is 0 Å². The molecule has 0 aliphatic carbocycles. The fourth-order valence-electron chi connectivity index (χ4n) is 1.11. The Kier molecular flexibility index (Phi) is 3.36. The van der Waals surface area contributed by atoms with Crippen LogP contribution in [0.4, 0.5) is 0 Å². The van der Waals surface area contributed by atoms with E-state index in [1.165, 1.54) is 18.1 Å². The van der Waals surface area contributed by atoms with Crippen molar-refractivity contribution in [2.75, 3.05) is 0 Å². The molecule has 2 heterocycles. The molecule has 16 heavy (non-hydrogen) atoms. The van der Waals surface area contributed by atoms with Gasteiger partial charge >= 0.3 is 0 Å². The summed E-state index contributed by atoms with van der Waals surface area (Å²) >= 11 is 7.44. The van der Waals surface area contributed by atoms with E-state index in [1.807, 2.05) is 19.9 Å². The molecule has 2 aromatic heterocycles. The Bertz CT molecular complexity index is 504. The van der Waals surface area contributed by atoms with Crippen LogP contribution in [0.15, 0.2) is 28.6 Å². The van der Waals surface area contributed by atoms with Crippen LogP contribution < -0.4 is 0 Å². The second-order valence-corrected chi connectivity index (χ2v) is 4.51. The molecule has 0 aliphatic heterocycles. The predicted octanol–water partition coefficient (Wildman–Crippen LogP) is 2.69. The first-order chi connectivity index (χ1) is 7.66. The number of hydrogen-bond donors (Lipinski definition) is 0. The van der Waals surface area contributed by atoms with Gasteiger partial charge in [-0.2, -0.15) is 0 Å². The summed E-state index contributed by atoms with van der Waals surface area (Å²) in [6.07, 6.45) is 3.20. The first kappa shape index (κ1) is 11.3. The average molecular weight is 253 g/mol. The molecule has 0 amide bonds. The van der Waals surface area contributed by atoms with Gasteiger partial charge in [0.1, 0.15) is 27.4 Å². The molecule has 0 aliphatic rings. The number of nitrogens with zero attached hydrogens (tertiary/aromatic N) is 4. The van der Waals surface area contributed by atoms with Gasteiger partial charge in [-0.25, -0.2) is 19.9 Å². The first-order valence-corrected chi connectivity index (χ1v) is 5.81. The minimum atomic E-state index is 0.490. The van der Waals surface area contributed by atoms with Gasteiger partial charge < -0.3 is 0 Å². The molecular weight excluding hydrogens is 244 g/mol. The smallest absolute Gasteiger partial charge is 0.136 e. The monoisotopic (exact) mass is 252 g/mol. The Labute approximate surface area is 103 Å². The van der Waals surface area contributed by atoms with E-state index in [-0.39, 0.29) is 0 Å². The van der Waals surface area contributed by atoms with Crippen LogP contribution >= 0.6 is 23.4 Å². The number of halogens is 1. The van der Waals surface area contributed by atoms with Crippen molar-refractivity contribution >= 4 is 23.4 Å². The molecule has 0 aromatic carbocycles. The van der Waals surface area contributed by atoms with Crippen molar-refractivity contribution in [2.24, 2.45) is 0 Å². The maximum absolute atomic E-state index is 5.99. The molecule has 4 nitrogen and oxygen atoms in total. The van der Waals surface area contributed by atoms with Crippen molar-refractivity contribution in [3.8, 4) is 0 Å². The summed E-state index contributed by atoms with van der Waals surface area (Å²) < 4.78 is 0. The van der Waals surface area contributed by atoms with Crippen LogP contribution in [-0.4, -0.2) is 19.9 Å². The lowest BCUT2D eigenvalue weighted by Crippen LogP contribution is -1.95. The molecule has 0 saturated heterocycles. The van der Waals surface area contributed by atoms with E-state index in [0.29, 0.717) is 11.0 Å². The summed E-state index contributed by atoms with van der Waals surface area (Å²) in [5.41, 5.74) is 0.871. The molecule has 0 atom stereocenters. The summed E-state index contributed by atoms with van der Waals surface area (Å²) in [5.74, 6) is 0.659. The quantitative estimate of drug-likeness (QED) is 0.769. The Balaban J connectivity index is 2.35. The van der Waals surface area contributed by atoms with Crippen molar-refractivity contribution < 1.29 is 0 Å². The third-order valence-corrected chi connectivity index (χ3v) is 3.32. The molecule has 0 radical (unpaired) electrons. The summed E-state index contributed by atoms with van der Waals surface area (Å²) in [6, 6.07) is 1.83. The van der Waals surface area contributed by atoms with Crippen molar-refractivity contribution in [1.82, 2.24) is 19.9 Å². The van der Waals surface area contributed by atoms with E-state index in [0.717, 1.165) is 15.6 Å². The standard InChI is InChI=1S/C10H9ClN4S/c1-6-9(11)14-7(2)15-10(6)16-8-3-4-12-5-13-8/h3-5H,1-2H3. The molecule has 82 valence electrons. The van der Waals surface area contributed by atoms with Gasteiger partial charge in [0.2, 0.25) is 0 Å². The second-order valence-electron chi connectivity index (χ2n) is 3.14. The molecule has 0 N–H and O–H groups in total. The summed E-state index contributed by atoms with van der Waals surface area (Å²) in [5, 5.41) is 2.16. The van der Waals surface area contributed by atoms with E-state index in [9.17, 15) is 0 Å². The zero-order valence-electron chi connectivity index (χ0n) is 8.81. The molecule has 2 aromatic rings. The van der Waals surface area contributed by atoms with Gasteiger partial charge in [-0.3, -0.25) is 0 Å². The Morgan fingerprint density at radius 2 is 2.06 bits per heavy atom. The lowest BCUT2D eigenvalue weighted by atomic mass is 10.4. The van der Waals surface area contributed by atoms with Crippen LogP contribution in [0.5, 0.6) is 0 Å². The minimum absolute atomic E-state index is 0.490. The highest BCUT2D eigenvalue weighted by molar-refractivity contribution is 7.99. The lowest BCUT2D eigenvalue weighted by Gasteiger charge is -2.05. The van der Waals surface area contributed by atoms with Gasteiger partial charge in [-0.15, -0.1) is 0 Å². The minimum Gasteiger partial charge on any atom is -0.245 e. The molecule has 2 rings (SSSR count). The molecule has 0 spiro atoms. The Hall–Kier alpha value is -1.20. The maximum atomic E-state index is 5.99. The van der Waals surface area contributed by atoms with Crippen LogP contribution in [0.1, 0.15) is 11.4 Å². The first-order valence-electron chi connectivity index (χ1n) is 4.61. The van der Waals surface area contributed by atoms with Crippen molar-refractivity contribution in [3.63, 3.8) is 0 Å². The molecule has 0 saturated carbocycles. The highest BCUT2D eigenvalue weighted by atomic mass is 35.5. The number of aryl methyl sites for hydroxylation is 1. The SMILES string of the molecule is Cc1nc(Cl)c(C)c(Sc2ccncn2)n1. The van der Waals surface area contributed by atoms with E-state index < -0.39 is 0 Å². The largest absolute Gasteiger partial charge is 0.245 e. The van der Waals surface area contributed by atoms with E-state index in [2.05, 4.69) is 19.9 Å². The topological polar surface area (TPSA) is 51.6 Å². The molecule has 6 heteroatoms. The highest BCUT2D eigenvalue weighted by Crippen LogP contribution is 2.29. The summed E-state index contributed by atoms with van der Waals surface area (Å²) in [6.45, 7) is 3.71. The van der Waals surface area contributed by atoms with Gasteiger partial charge in [0.15, 0.2) is 0 Å². The van der Waals surface area contributed by atoms with Crippen molar-refractivity contribution in [2.45, 2.75) is 23.9 Å². The van der Waals surface area contributed by atoms with Crippen molar-refractivity contribution in [3.05, 3.63) is 35.1 Å². The molecule has 0 fully saturated rings. The fourth-order valence-corrected chi connectivity index (χ4v) is 2.23. The summed E-state index contributed by atoms with van der Waals surface area (Å²) in [7, 11) is 0. The fraction of sp³-hybridized carbons (Fsp3) is 0.200. The zero-order chi connectivity index (χ0) is 11.5. The number of aromatic nitrogens is 4. The summed E-state index contributed by atoms with van der Waals surface area (Å²) in [4.78, 5) is 16.4. The van der Waals surface area contributed by atoms with E-state index in [4.69, 9.17) is 11.6 Å². The molecule has 0 bridgehead atoms. The second kappa shape index (κ2) is 4.76. The Morgan fingerprint density at radius 3 is 2.75 bits per heavy atom.